The lowest BCUT2D eigenvalue weighted by molar-refractivity contribution is -0.917. The molecule has 2 heterocycles. The molecule has 1 aliphatic heterocycles. The Kier molecular flexibility index (Phi) is 4.70. The van der Waals surface area contributed by atoms with Crippen LogP contribution in [0.15, 0.2) is 46.9 Å². The largest absolute Gasteiger partial charge is 0.448 e. The highest BCUT2D eigenvalue weighted by molar-refractivity contribution is 5.99. The van der Waals surface area contributed by atoms with Gasteiger partial charge in [0.15, 0.2) is 17.2 Å². The highest BCUT2D eigenvalue weighted by Gasteiger charge is 2.29. The van der Waals surface area contributed by atoms with E-state index in [2.05, 4.69) is 31.2 Å². The van der Waals surface area contributed by atoms with Crippen molar-refractivity contribution in [1.29, 1.82) is 0 Å². The van der Waals surface area contributed by atoms with Crippen molar-refractivity contribution in [3.05, 3.63) is 70.7 Å². The number of furan rings is 1. The Hall–Kier alpha value is -2.66. The van der Waals surface area contributed by atoms with Crippen LogP contribution in [-0.4, -0.2) is 37.0 Å². The molecule has 2 aromatic carbocycles. The SMILES string of the molecule is Cc1ccccc1C[NH+]1CCN(C(=O)c2oc3c(F)cccc3c2C)CC1. The van der Waals surface area contributed by atoms with Gasteiger partial charge in [-0.1, -0.05) is 36.4 Å². The first-order valence-corrected chi connectivity index (χ1v) is 9.39. The van der Waals surface area contributed by atoms with Gasteiger partial charge >= 0.3 is 0 Å². The van der Waals surface area contributed by atoms with Crippen molar-refractivity contribution in [3.8, 4) is 0 Å². The number of aryl methyl sites for hydroxylation is 2. The standard InChI is InChI=1S/C22H23FN2O2/c1-15-6-3-4-7-17(15)14-24-10-12-25(13-11-24)22(26)20-16(2)18-8-5-9-19(23)21(18)27-20/h3-9H,10-14H2,1-2H3/p+1. The average Bonchev–Trinajstić information content (AvgIpc) is 3.02. The molecule has 1 saturated heterocycles. The van der Waals surface area contributed by atoms with Gasteiger partial charge in [0.05, 0.1) is 26.2 Å². The van der Waals surface area contributed by atoms with E-state index in [1.54, 1.807) is 12.1 Å². The molecule has 0 aliphatic carbocycles. The molecule has 0 bridgehead atoms. The van der Waals surface area contributed by atoms with Crippen molar-refractivity contribution in [3.63, 3.8) is 0 Å². The summed E-state index contributed by atoms with van der Waals surface area (Å²) in [6, 6.07) is 13.2. The van der Waals surface area contributed by atoms with Gasteiger partial charge in [0.25, 0.3) is 5.91 Å². The molecule has 0 radical (unpaired) electrons. The third-order valence-electron chi connectivity index (χ3n) is 5.57. The monoisotopic (exact) mass is 367 g/mol. The molecular formula is C22H24FN2O2+. The van der Waals surface area contributed by atoms with Crippen LogP contribution < -0.4 is 4.90 Å². The van der Waals surface area contributed by atoms with Crippen molar-refractivity contribution in [1.82, 2.24) is 4.90 Å². The molecule has 3 aromatic rings. The molecule has 0 spiro atoms. The normalized spacial score (nSPS) is 15.4. The molecule has 1 fully saturated rings. The van der Waals surface area contributed by atoms with Crippen LogP contribution in [0.5, 0.6) is 0 Å². The van der Waals surface area contributed by atoms with Gasteiger partial charge in [-0.3, -0.25) is 4.79 Å². The molecule has 1 N–H and O–H groups in total. The van der Waals surface area contributed by atoms with Crippen molar-refractivity contribution in [2.24, 2.45) is 0 Å². The maximum atomic E-state index is 14.0. The van der Waals surface area contributed by atoms with Gasteiger partial charge in [0.1, 0.15) is 6.54 Å². The molecule has 1 amide bonds. The number of fused-ring (bicyclic) bond motifs is 1. The molecule has 27 heavy (non-hydrogen) atoms. The average molecular weight is 367 g/mol. The summed E-state index contributed by atoms with van der Waals surface area (Å²) in [7, 11) is 0. The van der Waals surface area contributed by atoms with E-state index >= 15 is 0 Å². The van der Waals surface area contributed by atoms with Gasteiger partial charge in [-0.25, -0.2) is 4.39 Å². The lowest BCUT2D eigenvalue weighted by Crippen LogP contribution is -3.13. The fourth-order valence-electron chi connectivity index (χ4n) is 3.84. The minimum Gasteiger partial charge on any atom is -0.448 e. The van der Waals surface area contributed by atoms with Crippen molar-refractivity contribution in [2.75, 3.05) is 26.2 Å². The molecule has 0 atom stereocenters. The van der Waals surface area contributed by atoms with Crippen molar-refractivity contribution in [2.45, 2.75) is 20.4 Å². The first-order valence-electron chi connectivity index (χ1n) is 9.39. The number of nitrogens with one attached hydrogen (secondary N) is 1. The number of quaternary nitrogens is 1. The maximum absolute atomic E-state index is 14.0. The van der Waals surface area contributed by atoms with E-state index in [0.29, 0.717) is 24.0 Å². The summed E-state index contributed by atoms with van der Waals surface area (Å²) in [5, 5.41) is 0.669. The number of benzene rings is 2. The molecule has 1 aliphatic rings. The van der Waals surface area contributed by atoms with Crippen LogP contribution in [0.3, 0.4) is 0 Å². The first-order chi connectivity index (χ1) is 13.0. The summed E-state index contributed by atoms with van der Waals surface area (Å²) in [6.45, 7) is 8.08. The number of nitrogens with zero attached hydrogens (tertiary/aromatic N) is 1. The van der Waals surface area contributed by atoms with Crippen LogP contribution >= 0.6 is 0 Å². The second-order valence-corrected chi connectivity index (χ2v) is 7.32. The van der Waals surface area contributed by atoms with E-state index in [4.69, 9.17) is 4.42 Å². The van der Waals surface area contributed by atoms with Gasteiger partial charge < -0.3 is 14.2 Å². The van der Waals surface area contributed by atoms with E-state index in [-0.39, 0.29) is 17.3 Å². The quantitative estimate of drug-likeness (QED) is 0.773. The first kappa shape index (κ1) is 17.7. The second-order valence-electron chi connectivity index (χ2n) is 7.32. The van der Waals surface area contributed by atoms with Crippen LogP contribution in [0.25, 0.3) is 11.0 Å². The van der Waals surface area contributed by atoms with E-state index in [1.165, 1.54) is 22.1 Å². The number of rotatable bonds is 3. The lowest BCUT2D eigenvalue weighted by atomic mass is 10.1. The van der Waals surface area contributed by atoms with Gasteiger partial charge in [0, 0.05) is 16.5 Å². The van der Waals surface area contributed by atoms with Crippen LogP contribution in [0, 0.1) is 19.7 Å². The Bertz CT molecular complexity index is 987. The molecule has 5 heteroatoms. The summed E-state index contributed by atoms with van der Waals surface area (Å²) in [5.41, 5.74) is 3.55. The smallest absolute Gasteiger partial charge is 0.290 e. The Morgan fingerprint density at radius 1 is 1.11 bits per heavy atom. The predicted molar refractivity (Wildman–Crippen MR) is 102 cm³/mol. The van der Waals surface area contributed by atoms with E-state index < -0.39 is 5.82 Å². The van der Waals surface area contributed by atoms with E-state index in [9.17, 15) is 9.18 Å². The third kappa shape index (κ3) is 3.35. The number of amides is 1. The summed E-state index contributed by atoms with van der Waals surface area (Å²) >= 11 is 0. The number of halogens is 1. The summed E-state index contributed by atoms with van der Waals surface area (Å²) in [5.74, 6) is -0.308. The Morgan fingerprint density at radius 3 is 2.56 bits per heavy atom. The topological polar surface area (TPSA) is 37.9 Å². The van der Waals surface area contributed by atoms with Crippen LogP contribution in [0.2, 0.25) is 0 Å². The summed E-state index contributed by atoms with van der Waals surface area (Å²) in [4.78, 5) is 16.2. The van der Waals surface area contributed by atoms with Gasteiger partial charge in [-0.2, -0.15) is 0 Å². The fourth-order valence-corrected chi connectivity index (χ4v) is 3.84. The van der Waals surface area contributed by atoms with Crippen LogP contribution in [0.4, 0.5) is 4.39 Å². The highest BCUT2D eigenvalue weighted by atomic mass is 19.1. The zero-order chi connectivity index (χ0) is 19.0. The molecule has 0 unspecified atom stereocenters. The van der Waals surface area contributed by atoms with Gasteiger partial charge in [-0.15, -0.1) is 0 Å². The Labute approximate surface area is 158 Å². The zero-order valence-electron chi connectivity index (χ0n) is 15.7. The third-order valence-corrected chi connectivity index (χ3v) is 5.57. The van der Waals surface area contributed by atoms with Crippen LogP contribution in [-0.2, 0) is 6.54 Å². The van der Waals surface area contributed by atoms with Gasteiger partial charge in [0.2, 0.25) is 0 Å². The Balaban J connectivity index is 1.45. The molecule has 0 saturated carbocycles. The molecule has 1 aromatic heterocycles. The number of hydrogen-bond donors (Lipinski definition) is 1. The number of piperazine rings is 1. The number of carbonyl (C=O) groups excluding carboxylic acids is 1. The van der Waals surface area contributed by atoms with E-state index in [0.717, 1.165) is 19.6 Å². The summed E-state index contributed by atoms with van der Waals surface area (Å²) < 4.78 is 19.6. The number of para-hydroxylation sites is 1. The van der Waals surface area contributed by atoms with E-state index in [1.807, 2.05) is 11.8 Å². The molecule has 4 nitrogen and oxygen atoms in total. The predicted octanol–water partition coefficient (Wildman–Crippen LogP) is 2.73. The Morgan fingerprint density at radius 2 is 1.85 bits per heavy atom. The van der Waals surface area contributed by atoms with Gasteiger partial charge in [-0.05, 0) is 25.5 Å². The minimum atomic E-state index is -0.429. The van der Waals surface area contributed by atoms with Crippen LogP contribution in [0.1, 0.15) is 27.2 Å². The molecular weight excluding hydrogens is 343 g/mol. The zero-order valence-corrected chi connectivity index (χ0v) is 15.7. The minimum absolute atomic E-state index is 0.141. The lowest BCUT2D eigenvalue weighted by Gasteiger charge is -2.32. The maximum Gasteiger partial charge on any atom is 0.290 e. The fraction of sp³-hybridized carbons (Fsp3) is 0.318. The molecule has 140 valence electrons. The van der Waals surface area contributed by atoms with Crippen molar-refractivity contribution < 1.29 is 18.5 Å². The number of hydrogen-bond acceptors (Lipinski definition) is 2. The van der Waals surface area contributed by atoms with Crippen molar-refractivity contribution >= 4 is 16.9 Å². The number of carbonyl (C=O) groups is 1. The molecule has 4 rings (SSSR count). The summed E-state index contributed by atoms with van der Waals surface area (Å²) in [6.07, 6.45) is 0. The highest BCUT2D eigenvalue weighted by Crippen LogP contribution is 2.28. The second kappa shape index (κ2) is 7.16.